The summed E-state index contributed by atoms with van der Waals surface area (Å²) in [4.78, 5) is 36.6. The third-order valence-corrected chi connectivity index (χ3v) is 5.51. The third kappa shape index (κ3) is 5.14. The number of hydrazone groups is 1. The minimum absolute atomic E-state index is 0.0831. The number of hydrogen-bond acceptors (Lipinski definition) is 8. The first-order valence-electron chi connectivity index (χ1n) is 10.0. The molecular formula is C22H21N3O6S. The van der Waals surface area contributed by atoms with E-state index in [2.05, 4.69) is 10.4 Å². The summed E-state index contributed by atoms with van der Waals surface area (Å²) in [7, 11) is 0. The Kier molecular flexibility index (Phi) is 6.81. The maximum atomic E-state index is 12.7. The van der Waals surface area contributed by atoms with Gasteiger partial charge < -0.3 is 18.9 Å². The van der Waals surface area contributed by atoms with Crippen molar-refractivity contribution in [2.75, 3.05) is 13.2 Å². The van der Waals surface area contributed by atoms with E-state index in [-0.39, 0.29) is 12.3 Å². The predicted molar refractivity (Wildman–Crippen MR) is 115 cm³/mol. The van der Waals surface area contributed by atoms with E-state index < -0.39 is 24.5 Å². The van der Waals surface area contributed by atoms with E-state index in [4.69, 9.17) is 13.6 Å². The van der Waals surface area contributed by atoms with Crippen molar-refractivity contribution >= 4 is 34.8 Å². The van der Waals surface area contributed by atoms with Crippen LogP contribution in [0.15, 0.2) is 67.6 Å². The molecule has 1 atom stereocenters. The number of furan rings is 2. The molecule has 1 unspecified atom stereocenters. The number of amides is 2. The zero-order chi connectivity index (χ0) is 22.3. The van der Waals surface area contributed by atoms with Crippen LogP contribution >= 0.6 is 11.3 Å². The minimum Gasteiger partial charge on any atom is -0.467 e. The summed E-state index contributed by atoms with van der Waals surface area (Å²) in [5, 5.41) is 12.0. The molecule has 3 aromatic rings. The molecule has 4 rings (SSSR count). The smallest absolute Gasteiger partial charge is 0.306 e. The van der Waals surface area contributed by atoms with Gasteiger partial charge in [0.1, 0.15) is 23.3 Å². The summed E-state index contributed by atoms with van der Waals surface area (Å²) in [6.45, 7) is -0.104. The Morgan fingerprint density at radius 2 is 2.03 bits per heavy atom. The number of nitrogens with zero attached hydrogens (tertiary/aromatic N) is 2. The van der Waals surface area contributed by atoms with Crippen molar-refractivity contribution in [3.05, 3.63) is 70.7 Å². The van der Waals surface area contributed by atoms with E-state index in [0.717, 1.165) is 0 Å². The Balaban J connectivity index is 1.26. The quantitative estimate of drug-likeness (QED) is 0.391. The van der Waals surface area contributed by atoms with Gasteiger partial charge in [0.05, 0.1) is 12.5 Å². The molecule has 0 fully saturated rings. The van der Waals surface area contributed by atoms with E-state index in [1.165, 1.54) is 28.9 Å². The summed E-state index contributed by atoms with van der Waals surface area (Å²) in [6.07, 6.45) is 3.97. The molecule has 3 aromatic heterocycles. The molecule has 9 nitrogen and oxygen atoms in total. The van der Waals surface area contributed by atoms with Gasteiger partial charge in [-0.05, 0) is 42.1 Å². The maximum Gasteiger partial charge on any atom is 0.306 e. The average molecular weight is 455 g/mol. The molecule has 4 heterocycles. The van der Waals surface area contributed by atoms with Crippen LogP contribution in [-0.2, 0) is 14.3 Å². The number of nitrogens with one attached hydrogen (secondary N) is 1. The largest absolute Gasteiger partial charge is 0.467 e. The van der Waals surface area contributed by atoms with Gasteiger partial charge in [-0.15, -0.1) is 0 Å². The second kappa shape index (κ2) is 10.1. The van der Waals surface area contributed by atoms with Gasteiger partial charge in [0.15, 0.2) is 6.61 Å². The second-order valence-electron chi connectivity index (χ2n) is 7.03. The Bertz CT molecular complexity index is 1070. The molecule has 0 saturated heterocycles. The van der Waals surface area contributed by atoms with Crippen molar-refractivity contribution in [3.8, 4) is 0 Å². The van der Waals surface area contributed by atoms with Gasteiger partial charge >= 0.3 is 5.97 Å². The molecule has 166 valence electrons. The average Bonchev–Trinajstić information content (AvgIpc) is 3.59. The predicted octanol–water partition coefficient (Wildman–Crippen LogP) is 3.37. The first kappa shape index (κ1) is 21.6. The normalized spacial score (nSPS) is 15.4. The van der Waals surface area contributed by atoms with Gasteiger partial charge in [-0.2, -0.15) is 16.4 Å². The fourth-order valence-electron chi connectivity index (χ4n) is 3.25. The highest BCUT2D eigenvalue weighted by molar-refractivity contribution is 7.08. The van der Waals surface area contributed by atoms with Crippen molar-refractivity contribution in [2.24, 2.45) is 5.10 Å². The molecular weight excluding hydrogens is 434 g/mol. The van der Waals surface area contributed by atoms with Crippen LogP contribution in [0.5, 0.6) is 0 Å². The second-order valence-corrected chi connectivity index (χ2v) is 7.81. The van der Waals surface area contributed by atoms with Gasteiger partial charge in [0.2, 0.25) is 0 Å². The number of rotatable bonds is 9. The lowest BCUT2D eigenvalue weighted by molar-refractivity contribution is -0.153. The Morgan fingerprint density at radius 1 is 1.19 bits per heavy atom. The van der Waals surface area contributed by atoms with Gasteiger partial charge in [-0.25, -0.2) is 5.01 Å². The topological polar surface area (TPSA) is 114 Å². The molecule has 0 aliphatic carbocycles. The molecule has 0 saturated carbocycles. The lowest BCUT2D eigenvalue weighted by Crippen LogP contribution is -2.31. The molecule has 0 bridgehead atoms. The lowest BCUT2D eigenvalue weighted by atomic mass is 10.1. The molecule has 1 aliphatic heterocycles. The minimum atomic E-state index is -0.521. The van der Waals surface area contributed by atoms with Crippen LogP contribution in [0.3, 0.4) is 0 Å². The van der Waals surface area contributed by atoms with Crippen molar-refractivity contribution < 1.29 is 28.0 Å². The maximum absolute atomic E-state index is 12.7. The van der Waals surface area contributed by atoms with Crippen molar-refractivity contribution in [2.45, 2.75) is 25.3 Å². The molecule has 1 N–H and O–H groups in total. The highest BCUT2D eigenvalue weighted by Gasteiger charge is 2.36. The number of carbonyl (C=O) groups excluding carboxylic acids is 3. The SMILES string of the molecule is O=C(CCCNC(=O)c1ccsc1)OCC(=O)N1N=C(c2ccco2)CC1c1ccco1. The molecule has 10 heteroatoms. The standard InChI is InChI=1S/C22H21N3O6S/c26-20(13-31-21(27)6-1-8-23-22(28)15-7-11-32-14-15)25-17(19-5-3-10-30-19)12-16(24-25)18-4-2-9-29-18/h2-5,7,9-11,14,17H,1,6,8,12-13H2,(H,23,28). The van der Waals surface area contributed by atoms with E-state index in [9.17, 15) is 14.4 Å². The molecule has 0 aromatic carbocycles. The van der Waals surface area contributed by atoms with Crippen molar-refractivity contribution in [3.63, 3.8) is 0 Å². The van der Waals surface area contributed by atoms with Crippen LogP contribution in [0.1, 0.15) is 47.2 Å². The summed E-state index contributed by atoms with van der Waals surface area (Å²) >= 11 is 1.44. The lowest BCUT2D eigenvalue weighted by Gasteiger charge is -2.19. The van der Waals surface area contributed by atoms with E-state index in [1.54, 1.807) is 35.7 Å². The Labute approximate surface area is 187 Å². The van der Waals surface area contributed by atoms with E-state index >= 15 is 0 Å². The molecule has 32 heavy (non-hydrogen) atoms. The molecule has 2 amide bonds. The first-order chi connectivity index (χ1) is 15.6. The summed E-state index contributed by atoms with van der Waals surface area (Å²) < 4.78 is 16.0. The first-order valence-corrected chi connectivity index (χ1v) is 11.0. The Morgan fingerprint density at radius 3 is 2.75 bits per heavy atom. The number of hydrogen-bond donors (Lipinski definition) is 1. The highest BCUT2D eigenvalue weighted by atomic mass is 32.1. The molecule has 1 aliphatic rings. The van der Waals surface area contributed by atoms with Gasteiger partial charge in [-0.3, -0.25) is 14.4 Å². The summed E-state index contributed by atoms with van der Waals surface area (Å²) in [6, 6.07) is 8.30. The van der Waals surface area contributed by atoms with E-state index in [0.29, 0.717) is 42.2 Å². The highest BCUT2D eigenvalue weighted by Crippen LogP contribution is 2.33. The third-order valence-electron chi connectivity index (χ3n) is 4.83. The zero-order valence-corrected chi connectivity index (χ0v) is 17.9. The molecule has 0 spiro atoms. The van der Waals surface area contributed by atoms with Crippen molar-refractivity contribution in [1.29, 1.82) is 0 Å². The number of thiophene rings is 1. The number of carbonyl (C=O) groups is 3. The van der Waals surface area contributed by atoms with Crippen LogP contribution < -0.4 is 5.32 Å². The summed E-state index contributed by atoms with van der Waals surface area (Å²) in [5.74, 6) is -0.0214. The van der Waals surface area contributed by atoms with Gasteiger partial charge in [-0.1, -0.05) is 0 Å². The molecule has 0 radical (unpaired) electrons. The van der Waals surface area contributed by atoms with Crippen LogP contribution in [0.25, 0.3) is 0 Å². The van der Waals surface area contributed by atoms with Crippen LogP contribution in [-0.4, -0.2) is 41.7 Å². The summed E-state index contributed by atoms with van der Waals surface area (Å²) in [5.41, 5.74) is 1.20. The van der Waals surface area contributed by atoms with Gasteiger partial charge in [0.25, 0.3) is 11.8 Å². The zero-order valence-electron chi connectivity index (χ0n) is 17.1. The Hall–Kier alpha value is -3.66. The van der Waals surface area contributed by atoms with Crippen LogP contribution in [0.4, 0.5) is 0 Å². The fourth-order valence-corrected chi connectivity index (χ4v) is 3.88. The monoisotopic (exact) mass is 455 g/mol. The van der Waals surface area contributed by atoms with Crippen molar-refractivity contribution in [1.82, 2.24) is 10.3 Å². The fraction of sp³-hybridized carbons (Fsp3) is 0.273. The van der Waals surface area contributed by atoms with Gasteiger partial charge in [0, 0.05) is 30.3 Å². The van der Waals surface area contributed by atoms with Crippen LogP contribution in [0.2, 0.25) is 0 Å². The number of esters is 1. The van der Waals surface area contributed by atoms with Crippen LogP contribution in [0, 0.1) is 0 Å². The number of ether oxygens (including phenoxy) is 1. The van der Waals surface area contributed by atoms with E-state index in [1.807, 2.05) is 5.38 Å².